The molecule has 0 aromatic heterocycles. The van der Waals surface area contributed by atoms with Gasteiger partial charge >= 0.3 is 0 Å². The van der Waals surface area contributed by atoms with Crippen LogP contribution in [-0.2, 0) is 9.47 Å². The average molecular weight is 363 g/mol. The van der Waals surface area contributed by atoms with E-state index in [1.165, 1.54) is 38.5 Å². The third-order valence-electron chi connectivity index (χ3n) is 8.55. The van der Waals surface area contributed by atoms with Gasteiger partial charge in [0.1, 0.15) is 0 Å². The molecular weight excluding hydrogens is 320 g/mol. The molecule has 1 aliphatic heterocycles. The third-order valence-corrected chi connectivity index (χ3v) is 8.55. The summed E-state index contributed by atoms with van der Waals surface area (Å²) < 4.78 is 11.9. The summed E-state index contributed by atoms with van der Waals surface area (Å²) in [4.78, 5) is 0. The molecule has 0 N–H and O–H groups in total. The zero-order valence-electron chi connectivity index (χ0n) is 17.2. The fourth-order valence-electron chi connectivity index (χ4n) is 6.84. The van der Waals surface area contributed by atoms with Crippen LogP contribution in [0.5, 0.6) is 0 Å². The predicted octanol–water partition coefficient (Wildman–Crippen LogP) is 6.58. The Morgan fingerprint density at radius 2 is 0.923 bits per heavy atom. The van der Waals surface area contributed by atoms with Gasteiger partial charge < -0.3 is 9.47 Å². The fraction of sp³-hybridized carbons (Fsp3) is 1.00. The summed E-state index contributed by atoms with van der Waals surface area (Å²) in [5, 5.41) is 0. The van der Waals surface area contributed by atoms with Crippen LogP contribution in [0.4, 0.5) is 0 Å². The molecule has 3 saturated carbocycles. The van der Waals surface area contributed by atoms with E-state index < -0.39 is 0 Å². The topological polar surface area (TPSA) is 18.5 Å². The Hall–Kier alpha value is -0.0800. The van der Waals surface area contributed by atoms with Gasteiger partial charge in [0.25, 0.3) is 0 Å². The Labute approximate surface area is 161 Å². The second kappa shape index (κ2) is 9.41. The number of hydrogen-bond donors (Lipinski definition) is 0. The molecule has 0 radical (unpaired) electrons. The van der Waals surface area contributed by atoms with E-state index in [0.717, 1.165) is 55.6 Å². The molecule has 2 nitrogen and oxygen atoms in total. The van der Waals surface area contributed by atoms with Crippen molar-refractivity contribution in [3.8, 4) is 0 Å². The summed E-state index contributed by atoms with van der Waals surface area (Å²) in [5.41, 5.74) is 0. The van der Waals surface area contributed by atoms with Gasteiger partial charge in [0.05, 0.1) is 13.2 Å². The van der Waals surface area contributed by atoms with Crippen molar-refractivity contribution < 1.29 is 9.47 Å². The molecule has 0 unspecified atom stereocenters. The lowest BCUT2D eigenvalue weighted by Gasteiger charge is -2.41. The maximum Gasteiger partial charge on any atom is 0.157 e. The van der Waals surface area contributed by atoms with Crippen LogP contribution in [-0.4, -0.2) is 19.5 Å². The molecule has 0 amide bonds. The van der Waals surface area contributed by atoms with Crippen molar-refractivity contribution in [3.05, 3.63) is 0 Å². The van der Waals surface area contributed by atoms with Crippen LogP contribution in [0, 0.1) is 35.5 Å². The first-order valence-corrected chi connectivity index (χ1v) is 12.1. The molecule has 0 aromatic carbocycles. The van der Waals surface area contributed by atoms with Gasteiger partial charge in [-0.1, -0.05) is 39.0 Å². The molecule has 0 atom stereocenters. The fourth-order valence-corrected chi connectivity index (χ4v) is 6.84. The first-order valence-electron chi connectivity index (χ1n) is 12.1. The Bertz CT molecular complexity index is 392. The molecule has 4 fully saturated rings. The highest BCUT2D eigenvalue weighted by Gasteiger charge is 2.36. The van der Waals surface area contributed by atoms with E-state index in [1.54, 1.807) is 38.5 Å². The first-order chi connectivity index (χ1) is 12.8. The molecule has 26 heavy (non-hydrogen) atoms. The normalized spacial score (nSPS) is 42.8. The highest BCUT2D eigenvalue weighted by Crippen LogP contribution is 2.46. The summed E-state index contributed by atoms with van der Waals surface area (Å²) >= 11 is 0. The molecule has 150 valence electrons. The Kier molecular flexibility index (Phi) is 6.97. The molecule has 0 aromatic rings. The molecule has 1 heterocycles. The number of hydrogen-bond acceptors (Lipinski definition) is 2. The van der Waals surface area contributed by atoms with Gasteiger partial charge in [-0.2, -0.15) is 0 Å². The van der Waals surface area contributed by atoms with Crippen LogP contribution in [0.2, 0.25) is 0 Å². The zero-order chi connectivity index (χ0) is 17.8. The van der Waals surface area contributed by atoms with Gasteiger partial charge in [0, 0.05) is 5.92 Å². The molecule has 4 rings (SSSR count). The number of rotatable bonds is 5. The van der Waals surface area contributed by atoms with Crippen molar-refractivity contribution >= 4 is 0 Å². The van der Waals surface area contributed by atoms with Crippen LogP contribution in [0.25, 0.3) is 0 Å². The van der Waals surface area contributed by atoms with Crippen LogP contribution < -0.4 is 0 Å². The average Bonchev–Trinajstić information content (AvgIpc) is 3.24. The SMILES string of the molecule is CCCC1OCC(C2CCC(C3CCC(C4CCCC4)CC3)CC2)CO1. The summed E-state index contributed by atoms with van der Waals surface area (Å²) in [5.74, 6) is 5.83. The summed E-state index contributed by atoms with van der Waals surface area (Å²) in [6.45, 7) is 4.11. The van der Waals surface area contributed by atoms with E-state index in [9.17, 15) is 0 Å². The van der Waals surface area contributed by atoms with E-state index in [4.69, 9.17) is 9.47 Å². The van der Waals surface area contributed by atoms with E-state index >= 15 is 0 Å². The second-order valence-electron chi connectivity index (χ2n) is 10.0. The van der Waals surface area contributed by atoms with Crippen molar-refractivity contribution in [3.63, 3.8) is 0 Å². The molecule has 0 bridgehead atoms. The molecule has 4 aliphatic rings. The van der Waals surface area contributed by atoms with Crippen LogP contribution >= 0.6 is 0 Å². The molecule has 0 spiro atoms. The van der Waals surface area contributed by atoms with Crippen molar-refractivity contribution in [2.24, 2.45) is 35.5 Å². The zero-order valence-corrected chi connectivity index (χ0v) is 17.2. The second-order valence-corrected chi connectivity index (χ2v) is 10.0. The summed E-state index contributed by atoms with van der Waals surface area (Å²) in [6, 6.07) is 0. The van der Waals surface area contributed by atoms with Crippen molar-refractivity contribution in [2.75, 3.05) is 13.2 Å². The van der Waals surface area contributed by atoms with E-state index in [2.05, 4.69) is 6.92 Å². The predicted molar refractivity (Wildman–Crippen MR) is 107 cm³/mol. The largest absolute Gasteiger partial charge is 0.352 e. The maximum atomic E-state index is 5.97. The van der Waals surface area contributed by atoms with Gasteiger partial charge in [-0.15, -0.1) is 0 Å². The summed E-state index contributed by atoms with van der Waals surface area (Å²) in [6.07, 6.45) is 20.5. The third kappa shape index (κ3) is 4.66. The lowest BCUT2D eigenvalue weighted by atomic mass is 9.66. The minimum Gasteiger partial charge on any atom is -0.352 e. The maximum absolute atomic E-state index is 5.97. The highest BCUT2D eigenvalue weighted by atomic mass is 16.7. The standard InChI is InChI=1S/C24H42O2/c1-2-5-24-25-16-23(17-26-24)22-14-12-21(13-15-22)20-10-8-19(9-11-20)18-6-3-4-7-18/h18-24H,2-17H2,1H3. The van der Waals surface area contributed by atoms with Gasteiger partial charge in [-0.25, -0.2) is 0 Å². The molecule has 1 saturated heterocycles. The van der Waals surface area contributed by atoms with Crippen LogP contribution in [0.1, 0.15) is 96.8 Å². The van der Waals surface area contributed by atoms with E-state index in [-0.39, 0.29) is 6.29 Å². The van der Waals surface area contributed by atoms with Crippen molar-refractivity contribution in [2.45, 2.75) is 103 Å². The lowest BCUT2D eigenvalue weighted by molar-refractivity contribution is -0.212. The molecule has 3 aliphatic carbocycles. The Morgan fingerprint density at radius 3 is 1.35 bits per heavy atom. The summed E-state index contributed by atoms with van der Waals surface area (Å²) in [7, 11) is 0. The Balaban J connectivity index is 1.16. The quantitative estimate of drug-likeness (QED) is 0.550. The lowest BCUT2D eigenvalue weighted by Crippen LogP contribution is -2.38. The van der Waals surface area contributed by atoms with Gasteiger partial charge in [-0.05, 0) is 87.4 Å². The minimum absolute atomic E-state index is 0.0858. The Morgan fingerprint density at radius 1 is 0.538 bits per heavy atom. The van der Waals surface area contributed by atoms with E-state index in [1.807, 2.05) is 0 Å². The minimum atomic E-state index is 0.0858. The van der Waals surface area contributed by atoms with Crippen LogP contribution in [0.15, 0.2) is 0 Å². The van der Waals surface area contributed by atoms with Crippen molar-refractivity contribution in [1.29, 1.82) is 0 Å². The molecule has 2 heteroatoms. The van der Waals surface area contributed by atoms with Gasteiger partial charge in [-0.3, -0.25) is 0 Å². The highest BCUT2D eigenvalue weighted by molar-refractivity contribution is 4.86. The van der Waals surface area contributed by atoms with Gasteiger partial charge in [0.15, 0.2) is 6.29 Å². The van der Waals surface area contributed by atoms with Gasteiger partial charge in [0.2, 0.25) is 0 Å². The van der Waals surface area contributed by atoms with E-state index in [0.29, 0.717) is 5.92 Å². The first kappa shape index (κ1) is 19.2. The monoisotopic (exact) mass is 362 g/mol. The van der Waals surface area contributed by atoms with Crippen LogP contribution in [0.3, 0.4) is 0 Å². The van der Waals surface area contributed by atoms with Crippen molar-refractivity contribution in [1.82, 2.24) is 0 Å². The number of ether oxygens (including phenoxy) is 2. The smallest absolute Gasteiger partial charge is 0.157 e. The molecular formula is C24H42O2.